The SMILES string of the molecule is O=C(O)C1C2CCCC2CN1C(=O)c1nn(-c2ccc(F)cc2)c2c1CCC2. The topological polar surface area (TPSA) is 75.4 Å². The van der Waals surface area contributed by atoms with Crippen molar-refractivity contribution >= 4 is 11.9 Å². The van der Waals surface area contributed by atoms with Gasteiger partial charge >= 0.3 is 5.97 Å². The van der Waals surface area contributed by atoms with Gasteiger partial charge in [0.1, 0.15) is 11.9 Å². The van der Waals surface area contributed by atoms with Crippen LogP contribution in [0.5, 0.6) is 0 Å². The van der Waals surface area contributed by atoms with Gasteiger partial charge in [-0.2, -0.15) is 5.10 Å². The number of nitrogens with zero attached hydrogens (tertiary/aromatic N) is 3. The average molecular weight is 383 g/mol. The van der Waals surface area contributed by atoms with Gasteiger partial charge in [0.15, 0.2) is 5.69 Å². The Morgan fingerprint density at radius 1 is 1.11 bits per heavy atom. The summed E-state index contributed by atoms with van der Waals surface area (Å²) < 4.78 is 15.0. The zero-order chi connectivity index (χ0) is 19.4. The second kappa shape index (κ2) is 6.43. The average Bonchev–Trinajstić information content (AvgIpc) is 3.41. The van der Waals surface area contributed by atoms with E-state index in [1.165, 1.54) is 17.0 Å². The number of hydrogen-bond acceptors (Lipinski definition) is 3. The minimum absolute atomic E-state index is 0.0497. The largest absolute Gasteiger partial charge is 0.480 e. The van der Waals surface area contributed by atoms with E-state index in [1.807, 2.05) is 0 Å². The molecular weight excluding hydrogens is 361 g/mol. The Balaban J connectivity index is 1.53. The summed E-state index contributed by atoms with van der Waals surface area (Å²) in [5, 5.41) is 14.3. The van der Waals surface area contributed by atoms with Crippen molar-refractivity contribution in [1.82, 2.24) is 14.7 Å². The van der Waals surface area contributed by atoms with Gasteiger partial charge in [-0.25, -0.2) is 13.9 Å². The van der Waals surface area contributed by atoms with E-state index in [0.29, 0.717) is 17.9 Å². The van der Waals surface area contributed by atoms with Crippen LogP contribution in [0.15, 0.2) is 24.3 Å². The van der Waals surface area contributed by atoms with Gasteiger partial charge in [-0.1, -0.05) is 6.42 Å². The van der Waals surface area contributed by atoms with Crippen molar-refractivity contribution in [3.05, 3.63) is 47.0 Å². The smallest absolute Gasteiger partial charge is 0.326 e. The third kappa shape index (κ3) is 2.56. The summed E-state index contributed by atoms with van der Waals surface area (Å²) in [5.41, 5.74) is 2.96. The number of rotatable bonds is 3. The molecule has 1 aliphatic heterocycles. The Labute approximate surface area is 162 Å². The van der Waals surface area contributed by atoms with E-state index in [1.54, 1.807) is 16.8 Å². The minimum atomic E-state index is -0.919. The first kappa shape index (κ1) is 17.4. The number of benzene rings is 1. The van der Waals surface area contributed by atoms with Crippen LogP contribution in [0.3, 0.4) is 0 Å². The number of aliphatic carboxylic acids is 1. The van der Waals surface area contributed by atoms with E-state index < -0.39 is 12.0 Å². The molecule has 2 fully saturated rings. The Morgan fingerprint density at radius 3 is 2.64 bits per heavy atom. The molecule has 3 unspecified atom stereocenters. The van der Waals surface area contributed by atoms with Gasteiger partial charge in [0.05, 0.1) is 5.69 Å². The quantitative estimate of drug-likeness (QED) is 0.884. The van der Waals surface area contributed by atoms with E-state index in [9.17, 15) is 19.1 Å². The second-order valence-corrected chi connectivity index (χ2v) is 8.11. The lowest BCUT2D eigenvalue weighted by Crippen LogP contribution is -2.43. The number of amides is 1. The number of hydrogen-bond donors (Lipinski definition) is 1. The summed E-state index contributed by atoms with van der Waals surface area (Å²) in [5.74, 6) is -1.19. The fourth-order valence-electron chi connectivity index (χ4n) is 5.37. The predicted octanol–water partition coefficient (Wildman–Crippen LogP) is 2.83. The van der Waals surface area contributed by atoms with E-state index in [2.05, 4.69) is 5.10 Å². The Hall–Kier alpha value is -2.70. The summed E-state index contributed by atoms with van der Waals surface area (Å²) in [6.45, 7) is 0.499. The van der Waals surface area contributed by atoms with Crippen LogP contribution in [-0.2, 0) is 17.6 Å². The summed E-state index contributed by atoms with van der Waals surface area (Å²) >= 11 is 0. The summed E-state index contributed by atoms with van der Waals surface area (Å²) in [7, 11) is 0. The van der Waals surface area contributed by atoms with Gasteiger partial charge in [-0.15, -0.1) is 0 Å². The lowest BCUT2D eigenvalue weighted by molar-refractivity contribution is -0.142. The number of carbonyl (C=O) groups is 2. The van der Waals surface area contributed by atoms with E-state index in [-0.39, 0.29) is 23.6 Å². The summed E-state index contributed by atoms with van der Waals surface area (Å²) in [4.78, 5) is 26.8. The van der Waals surface area contributed by atoms with Crippen LogP contribution in [0.2, 0.25) is 0 Å². The first-order valence-corrected chi connectivity index (χ1v) is 9.95. The fourth-order valence-corrected chi connectivity index (χ4v) is 5.37. The predicted molar refractivity (Wildman–Crippen MR) is 98.8 cm³/mol. The molecule has 1 aromatic heterocycles. The first-order valence-electron chi connectivity index (χ1n) is 9.95. The van der Waals surface area contributed by atoms with Crippen molar-refractivity contribution in [3.63, 3.8) is 0 Å². The van der Waals surface area contributed by atoms with Gasteiger partial charge in [0.2, 0.25) is 0 Å². The van der Waals surface area contributed by atoms with Crippen molar-refractivity contribution in [3.8, 4) is 5.69 Å². The summed E-state index contributed by atoms with van der Waals surface area (Å²) in [6.07, 6.45) is 5.39. The molecule has 0 spiro atoms. The molecule has 6 nitrogen and oxygen atoms in total. The number of halogens is 1. The number of carboxylic acids is 1. The maximum atomic E-state index is 13.4. The van der Waals surface area contributed by atoms with E-state index in [4.69, 9.17) is 0 Å². The lowest BCUT2D eigenvalue weighted by atomic mass is 9.94. The molecule has 2 heterocycles. The Morgan fingerprint density at radius 2 is 1.89 bits per heavy atom. The van der Waals surface area contributed by atoms with Crippen molar-refractivity contribution in [1.29, 1.82) is 0 Å². The fraction of sp³-hybridized carbons (Fsp3) is 0.476. The normalized spacial score (nSPS) is 25.8. The van der Waals surface area contributed by atoms with Crippen LogP contribution in [0, 0.1) is 17.7 Å². The van der Waals surface area contributed by atoms with Crippen molar-refractivity contribution in [2.45, 2.75) is 44.6 Å². The molecule has 5 rings (SSSR count). The summed E-state index contributed by atoms with van der Waals surface area (Å²) in [6, 6.07) is 5.29. The van der Waals surface area contributed by atoms with Gasteiger partial charge in [0, 0.05) is 17.8 Å². The first-order chi connectivity index (χ1) is 13.5. The molecule has 7 heteroatoms. The molecule has 28 heavy (non-hydrogen) atoms. The molecule has 0 bridgehead atoms. The highest BCUT2D eigenvalue weighted by Gasteiger charge is 2.50. The third-order valence-corrected chi connectivity index (χ3v) is 6.61. The number of carboxylic acid groups (broad SMARTS) is 1. The zero-order valence-corrected chi connectivity index (χ0v) is 15.5. The molecule has 1 saturated heterocycles. The highest BCUT2D eigenvalue weighted by Crippen LogP contribution is 2.43. The number of aromatic nitrogens is 2. The lowest BCUT2D eigenvalue weighted by Gasteiger charge is -2.24. The molecule has 2 aromatic rings. The third-order valence-electron chi connectivity index (χ3n) is 6.61. The van der Waals surface area contributed by atoms with Gasteiger partial charge in [-0.3, -0.25) is 4.79 Å². The maximum Gasteiger partial charge on any atom is 0.326 e. The molecule has 1 saturated carbocycles. The Kier molecular flexibility index (Phi) is 4.00. The zero-order valence-electron chi connectivity index (χ0n) is 15.5. The molecule has 1 amide bonds. The molecule has 1 aromatic carbocycles. The highest BCUT2D eigenvalue weighted by molar-refractivity contribution is 5.97. The van der Waals surface area contributed by atoms with Crippen LogP contribution >= 0.6 is 0 Å². The number of fused-ring (bicyclic) bond motifs is 2. The molecule has 2 aliphatic carbocycles. The van der Waals surface area contributed by atoms with Gasteiger partial charge in [0.25, 0.3) is 5.91 Å². The number of likely N-dealkylation sites (tertiary alicyclic amines) is 1. The molecule has 0 radical (unpaired) electrons. The van der Waals surface area contributed by atoms with Crippen LogP contribution in [0.4, 0.5) is 4.39 Å². The Bertz CT molecular complexity index is 953. The van der Waals surface area contributed by atoms with Gasteiger partial charge in [-0.05, 0) is 68.2 Å². The van der Waals surface area contributed by atoms with Crippen molar-refractivity contribution in [2.24, 2.45) is 11.8 Å². The minimum Gasteiger partial charge on any atom is -0.480 e. The van der Waals surface area contributed by atoms with Gasteiger partial charge < -0.3 is 10.0 Å². The van der Waals surface area contributed by atoms with Crippen LogP contribution in [0.1, 0.15) is 47.4 Å². The molecular formula is C21H22FN3O3. The molecule has 3 atom stereocenters. The number of carbonyl (C=O) groups excluding carboxylic acids is 1. The van der Waals surface area contributed by atoms with Crippen molar-refractivity contribution in [2.75, 3.05) is 6.54 Å². The second-order valence-electron chi connectivity index (χ2n) is 8.11. The van der Waals surface area contributed by atoms with E-state index in [0.717, 1.165) is 49.8 Å². The maximum absolute atomic E-state index is 13.4. The molecule has 146 valence electrons. The van der Waals surface area contributed by atoms with Crippen LogP contribution in [0.25, 0.3) is 5.69 Å². The van der Waals surface area contributed by atoms with E-state index >= 15 is 0 Å². The van der Waals surface area contributed by atoms with Crippen molar-refractivity contribution < 1.29 is 19.1 Å². The molecule has 3 aliphatic rings. The monoisotopic (exact) mass is 383 g/mol. The van der Waals surface area contributed by atoms with Crippen LogP contribution < -0.4 is 0 Å². The standard InChI is InChI=1S/C21H22FN3O3/c22-13-7-9-14(10-8-13)25-17-6-2-5-16(17)18(23-25)20(26)24-11-12-3-1-4-15(12)19(24)21(27)28/h7-10,12,15,19H,1-6,11H2,(H,27,28). The molecule has 1 N–H and O–H groups in total. The highest BCUT2D eigenvalue weighted by atomic mass is 19.1. The van der Waals surface area contributed by atoms with Crippen LogP contribution in [-0.4, -0.2) is 44.3 Å².